The van der Waals surface area contributed by atoms with Crippen LogP contribution in [0.3, 0.4) is 0 Å². The summed E-state index contributed by atoms with van der Waals surface area (Å²) < 4.78 is 2.75. The summed E-state index contributed by atoms with van der Waals surface area (Å²) in [7, 11) is 0. The Morgan fingerprint density at radius 3 is 2.28 bits per heavy atom. The topological polar surface area (TPSA) is 0 Å². The minimum atomic E-state index is 1.31. The molecule has 0 amide bonds. The van der Waals surface area contributed by atoms with Crippen LogP contribution in [0.15, 0.2) is 72.8 Å². The van der Waals surface area contributed by atoms with E-state index in [9.17, 15) is 0 Å². The summed E-state index contributed by atoms with van der Waals surface area (Å²) in [5.74, 6) is 0. The summed E-state index contributed by atoms with van der Waals surface area (Å²) in [6, 6.07) is 26.6. The van der Waals surface area contributed by atoms with E-state index in [0.717, 1.165) is 0 Å². The first-order valence-electron chi connectivity index (χ1n) is 8.63. The van der Waals surface area contributed by atoms with Crippen molar-refractivity contribution in [3.63, 3.8) is 0 Å². The molecule has 1 aromatic heterocycles. The molecule has 0 radical (unpaired) electrons. The maximum Gasteiger partial charge on any atom is 0.0361 e. The number of benzene rings is 4. The number of hydrogen-bond acceptors (Lipinski definition) is 1. The van der Waals surface area contributed by atoms with E-state index in [4.69, 9.17) is 0 Å². The highest BCUT2D eigenvalue weighted by molar-refractivity contribution is 7.26. The summed E-state index contributed by atoms with van der Waals surface area (Å²) in [6.45, 7) is 4.42. The van der Waals surface area contributed by atoms with Crippen LogP contribution in [0.4, 0.5) is 0 Å². The lowest BCUT2D eigenvalue weighted by molar-refractivity contribution is 1.43. The highest BCUT2D eigenvalue weighted by Crippen LogP contribution is 2.41. The minimum absolute atomic E-state index is 1.31. The first kappa shape index (κ1) is 14.7. The van der Waals surface area contributed by atoms with Gasteiger partial charge in [0.1, 0.15) is 0 Å². The fraction of sp³-hybridized carbons (Fsp3) is 0.0833. The standard InChI is InChI=1S/C24H18S/c1-15-7-3-5-9-18(15)20-14-21-23(13-16(20)2)25-22-12-11-17-8-4-6-10-19(17)24(21)22/h3-14H,1-2H3. The Morgan fingerprint density at radius 2 is 1.40 bits per heavy atom. The maximum atomic E-state index is 2.40. The van der Waals surface area contributed by atoms with Gasteiger partial charge in [0.25, 0.3) is 0 Å². The lowest BCUT2D eigenvalue weighted by Gasteiger charge is -2.10. The average molecular weight is 338 g/mol. The highest BCUT2D eigenvalue weighted by atomic mass is 32.1. The predicted molar refractivity (Wildman–Crippen MR) is 112 cm³/mol. The van der Waals surface area contributed by atoms with Crippen molar-refractivity contribution in [2.45, 2.75) is 13.8 Å². The number of fused-ring (bicyclic) bond motifs is 5. The Kier molecular flexibility index (Phi) is 3.19. The second kappa shape index (κ2) is 5.44. The normalized spacial score (nSPS) is 11.6. The molecule has 4 aromatic carbocycles. The molecule has 5 rings (SSSR count). The molecule has 0 spiro atoms. The molecule has 0 aliphatic rings. The third kappa shape index (κ3) is 2.20. The Hall–Kier alpha value is -2.64. The average Bonchev–Trinajstić information content (AvgIpc) is 2.99. The molecule has 0 fully saturated rings. The van der Waals surface area contributed by atoms with Gasteiger partial charge in [-0.05, 0) is 65.1 Å². The fourth-order valence-electron chi connectivity index (χ4n) is 3.86. The zero-order valence-corrected chi connectivity index (χ0v) is 15.2. The first-order chi connectivity index (χ1) is 12.2. The van der Waals surface area contributed by atoms with E-state index < -0.39 is 0 Å². The molecule has 1 heterocycles. The van der Waals surface area contributed by atoms with Crippen molar-refractivity contribution in [2.75, 3.05) is 0 Å². The van der Waals surface area contributed by atoms with E-state index >= 15 is 0 Å². The monoisotopic (exact) mass is 338 g/mol. The molecule has 0 bridgehead atoms. The number of rotatable bonds is 1. The van der Waals surface area contributed by atoms with Gasteiger partial charge in [-0.25, -0.2) is 0 Å². The van der Waals surface area contributed by atoms with Crippen molar-refractivity contribution in [3.8, 4) is 11.1 Å². The third-order valence-corrected chi connectivity index (χ3v) is 6.26. The van der Waals surface area contributed by atoms with Gasteiger partial charge in [0.15, 0.2) is 0 Å². The van der Waals surface area contributed by atoms with Crippen LogP contribution in [0.1, 0.15) is 11.1 Å². The summed E-state index contributed by atoms with van der Waals surface area (Å²) in [4.78, 5) is 0. The van der Waals surface area contributed by atoms with Crippen molar-refractivity contribution in [1.29, 1.82) is 0 Å². The van der Waals surface area contributed by atoms with E-state index in [1.807, 2.05) is 11.3 Å². The molecule has 0 saturated carbocycles. The lowest BCUT2D eigenvalue weighted by atomic mass is 9.94. The van der Waals surface area contributed by atoms with Crippen molar-refractivity contribution in [2.24, 2.45) is 0 Å². The van der Waals surface area contributed by atoms with Gasteiger partial charge in [0.05, 0.1) is 0 Å². The van der Waals surface area contributed by atoms with Gasteiger partial charge in [-0.3, -0.25) is 0 Å². The Bertz CT molecular complexity index is 1260. The van der Waals surface area contributed by atoms with Gasteiger partial charge >= 0.3 is 0 Å². The highest BCUT2D eigenvalue weighted by Gasteiger charge is 2.12. The van der Waals surface area contributed by atoms with Crippen LogP contribution in [-0.4, -0.2) is 0 Å². The summed E-state index contributed by atoms with van der Waals surface area (Å²) in [5, 5.41) is 5.44. The Balaban J connectivity index is 1.93. The molecule has 25 heavy (non-hydrogen) atoms. The van der Waals surface area contributed by atoms with E-state index in [0.29, 0.717) is 0 Å². The van der Waals surface area contributed by atoms with Crippen LogP contribution in [0.5, 0.6) is 0 Å². The number of hydrogen-bond donors (Lipinski definition) is 0. The van der Waals surface area contributed by atoms with E-state index in [2.05, 4.69) is 86.6 Å². The van der Waals surface area contributed by atoms with Gasteiger partial charge in [-0.15, -0.1) is 11.3 Å². The summed E-state index contributed by atoms with van der Waals surface area (Å²) >= 11 is 1.90. The quantitative estimate of drug-likeness (QED) is 0.297. The molecule has 0 unspecified atom stereocenters. The first-order valence-corrected chi connectivity index (χ1v) is 9.44. The molecular formula is C24H18S. The van der Waals surface area contributed by atoms with Gasteiger partial charge in [0.2, 0.25) is 0 Å². The molecule has 1 heteroatoms. The molecule has 0 aliphatic carbocycles. The molecular weight excluding hydrogens is 320 g/mol. The van der Waals surface area contributed by atoms with Crippen molar-refractivity contribution >= 4 is 42.3 Å². The van der Waals surface area contributed by atoms with Crippen LogP contribution in [0.25, 0.3) is 42.1 Å². The molecule has 0 aliphatic heterocycles. The van der Waals surface area contributed by atoms with Gasteiger partial charge < -0.3 is 0 Å². The smallest absolute Gasteiger partial charge is 0.0361 e. The second-order valence-corrected chi connectivity index (χ2v) is 7.82. The van der Waals surface area contributed by atoms with Gasteiger partial charge in [0, 0.05) is 20.2 Å². The largest absolute Gasteiger partial charge is 0.135 e. The Labute approximate surface area is 151 Å². The second-order valence-electron chi connectivity index (χ2n) is 6.74. The van der Waals surface area contributed by atoms with Crippen molar-refractivity contribution in [3.05, 3.63) is 83.9 Å². The molecule has 0 atom stereocenters. The van der Waals surface area contributed by atoms with Crippen LogP contribution in [0, 0.1) is 13.8 Å². The maximum absolute atomic E-state index is 2.40. The third-order valence-electron chi connectivity index (χ3n) is 5.14. The van der Waals surface area contributed by atoms with Crippen LogP contribution in [-0.2, 0) is 0 Å². The summed E-state index contributed by atoms with van der Waals surface area (Å²) in [6.07, 6.45) is 0. The summed E-state index contributed by atoms with van der Waals surface area (Å²) in [5.41, 5.74) is 5.35. The van der Waals surface area contributed by atoms with Crippen molar-refractivity contribution < 1.29 is 0 Å². The van der Waals surface area contributed by atoms with E-state index in [1.165, 1.54) is 53.2 Å². The zero-order chi connectivity index (χ0) is 17.0. The minimum Gasteiger partial charge on any atom is -0.135 e. The Morgan fingerprint density at radius 1 is 0.600 bits per heavy atom. The van der Waals surface area contributed by atoms with Crippen LogP contribution >= 0.6 is 11.3 Å². The SMILES string of the molecule is Cc1ccccc1-c1cc2c(cc1C)sc1ccc3ccccc3c12. The molecule has 0 nitrogen and oxygen atoms in total. The predicted octanol–water partition coefficient (Wildman–Crippen LogP) is 7.49. The number of aryl methyl sites for hydroxylation is 2. The van der Waals surface area contributed by atoms with E-state index in [-0.39, 0.29) is 0 Å². The molecule has 5 aromatic rings. The molecule has 0 N–H and O–H groups in total. The zero-order valence-electron chi connectivity index (χ0n) is 14.3. The molecule has 0 saturated heterocycles. The van der Waals surface area contributed by atoms with Gasteiger partial charge in [-0.2, -0.15) is 0 Å². The van der Waals surface area contributed by atoms with Crippen LogP contribution in [0.2, 0.25) is 0 Å². The lowest BCUT2D eigenvalue weighted by Crippen LogP contribution is -1.86. The number of thiophene rings is 1. The van der Waals surface area contributed by atoms with Gasteiger partial charge in [-0.1, -0.05) is 54.6 Å². The van der Waals surface area contributed by atoms with Crippen LogP contribution < -0.4 is 0 Å². The fourth-order valence-corrected chi connectivity index (χ4v) is 5.06. The molecule has 120 valence electrons. The van der Waals surface area contributed by atoms with E-state index in [1.54, 1.807) is 0 Å². The van der Waals surface area contributed by atoms with Crippen molar-refractivity contribution in [1.82, 2.24) is 0 Å².